The van der Waals surface area contributed by atoms with Crippen molar-refractivity contribution in [2.45, 2.75) is 6.92 Å². The van der Waals surface area contributed by atoms with E-state index in [4.69, 9.17) is 5.73 Å². The highest BCUT2D eigenvalue weighted by molar-refractivity contribution is 7.21. The number of carbonyl (C=O) groups is 1. The van der Waals surface area contributed by atoms with E-state index in [1.54, 1.807) is 30.3 Å². The highest BCUT2D eigenvalue weighted by atomic mass is 32.1. The molecule has 3 rings (SSSR count). The zero-order valence-electron chi connectivity index (χ0n) is 10.8. The molecule has 100 valence electrons. The molecule has 2 nitrogen and oxygen atoms in total. The summed E-state index contributed by atoms with van der Waals surface area (Å²) in [4.78, 5) is 13.0. The lowest BCUT2D eigenvalue weighted by molar-refractivity contribution is 0.104. The van der Waals surface area contributed by atoms with Crippen LogP contribution in [0.25, 0.3) is 10.1 Å². The Balaban J connectivity index is 2.05. The fourth-order valence-electron chi connectivity index (χ4n) is 2.08. The van der Waals surface area contributed by atoms with Gasteiger partial charge in [-0.3, -0.25) is 4.79 Å². The second-order valence-corrected chi connectivity index (χ2v) is 5.78. The Labute approximate surface area is 119 Å². The van der Waals surface area contributed by atoms with E-state index in [1.165, 1.54) is 23.5 Å². The fourth-order valence-corrected chi connectivity index (χ4v) is 3.13. The van der Waals surface area contributed by atoms with Crippen molar-refractivity contribution in [1.29, 1.82) is 0 Å². The Morgan fingerprint density at radius 1 is 1.15 bits per heavy atom. The number of rotatable bonds is 2. The van der Waals surface area contributed by atoms with Gasteiger partial charge < -0.3 is 5.73 Å². The van der Waals surface area contributed by atoms with E-state index in [1.807, 2.05) is 6.92 Å². The summed E-state index contributed by atoms with van der Waals surface area (Å²) in [5.41, 5.74) is 7.90. The van der Waals surface area contributed by atoms with Crippen LogP contribution in [0.4, 0.5) is 10.1 Å². The first-order valence-electron chi connectivity index (χ1n) is 6.14. The molecule has 0 unspecified atom stereocenters. The average Bonchev–Trinajstić information content (AvgIpc) is 2.84. The van der Waals surface area contributed by atoms with Crippen LogP contribution in [0.15, 0.2) is 42.5 Å². The van der Waals surface area contributed by atoms with Crippen molar-refractivity contribution in [3.05, 3.63) is 64.3 Å². The zero-order valence-corrected chi connectivity index (χ0v) is 11.6. The molecule has 1 heterocycles. The van der Waals surface area contributed by atoms with Crippen LogP contribution >= 0.6 is 11.3 Å². The van der Waals surface area contributed by atoms with Gasteiger partial charge in [-0.2, -0.15) is 0 Å². The Kier molecular flexibility index (Phi) is 3.03. The lowest BCUT2D eigenvalue weighted by Gasteiger charge is -2.02. The second kappa shape index (κ2) is 4.72. The molecule has 0 aliphatic rings. The third-order valence-corrected chi connectivity index (χ3v) is 4.33. The maximum absolute atomic E-state index is 13.2. The molecule has 0 aliphatic heterocycles. The topological polar surface area (TPSA) is 43.1 Å². The first kappa shape index (κ1) is 12.8. The minimum atomic E-state index is -0.290. The van der Waals surface area contributed by atoms with E-state index >= 15 is 0 Å². The van der Waals surface area contributed by atoms with Crippen molar-refractivity contribution in [2.24, 2.45) is 0 Å². The number of anilines is 1. The minimum Gasteiger partial charge on any atom is -0.399 e. The normalized spacial score (nSPS) is 10.9. The van der Waals surface area contributed by atoms with Crippen LogP contribution in [-0.4, -0.2) is 5.78 Å². The van der Waals surface area contributed by atoms with E-state index in [2.05, 4.69) is 0 Å². The average molecular weight is 285 g/mol. The summed E-state index contributed by atoms with van der Waals surface area (Å²) in [6, 6.07) is 11.6. The highest BCUT2D eigenvalue weighted by Gasteiger charge is 2.13. The van der Waals surface area contributed by atoms with E-state index in [9.17, 15) is 9.18 Å². The van der Waals surface area contributed by atoms with Gasteiger partial charge in [-0.05, 0) is 54.3 Å². The summed E-state index contributed by atoms with van der Waals surface area (Å²) in [6.45, 7) is 1.87. The molecule has 0 fully saturated rings. The fraction of sp³-hybridized carbons (Fsp3) is 0.0625. The molecule has 1 aromatic heterocycles. The van der Waals surface area contributed by atoms with Crippen molar-refractivity contribution < 1.29 is 9.18 Å². The molecule has 3 aromatic rings. The van der Waals surface area contributed by atoms with Crippen LogP contribution in [0.3, 0.4) is 0 Å². The van der Waals surface area contributed by atoms with Crippen LogP contribution in [0.1, 0.15) is 20.8 Å². The third kappa shape index (κ3) is 2.18. The lowest BCUT2D eigenvalue weighted by atomic mass is 10.1. The van der Waals surface area contributed by atoms with E-state index in [0.717, 1.165) is 15.6 Å². The summed E-state index contributed by atoms with van der Waals surface area (Å²) < 4.78 is 14.0. The Hall–Kier alpha value is -2.20. The van der Waals surface area contributed by atoms with Gasteiger partial charge in [0.15, 0.2) is 0 Å². The monoisotopic (exact) mass is 285 g/mol. The van der Waals surface area contributed by atoms with E-state index in [-0.39, 0.29) is 11.6 Å². The SMILES string of the molecule is Cc1cc(C(=O)c2cc3ccc(F)cc3s2)ccc1N. The second-order valence-electron chi connectivity index (χ2n) is 4.69. The number of fused-ring (bicyclic) bond motifs is 1. The minimum absolute atomic E-state index is 0.0605. The van der Waals surface area contributed by atoms with Gasteiger partial charge in [0, 0.05) is 16.0 Å². The van der Waals surface area contributed by atoms with E-state index < -0.39 is 0 Å². The van der Waals surface area contributed by atoms with Crippen molar-refractivity contribution in [3.63, 3.8) is 0 Å². The van der Waals surface area contributed by atoms with Crippen molar-refractivity contribution in [3.8, 4) is 0 Å². The van der Waals surface area contributed by atoms with Crippen LogP contribution in [0.5, 0.6) is 0 Å². The van der Waals surface area contributed by atoms with Gasteiger partial charge in [0.25, 0.3) is 0 Å². The molecule has 0 saturated heterocycles. The Bertz CT molecular complexity index is 822. The summed E-state index contributed by atoms with van der Waals surface area (Å²) in [7, 11) is 0. The number of nitrogens with two attached hydrogens (primary N) is 1. The van der Waals surface area contributed by atoms with Gasteiger partial charge in [-0.25, -0.2) is 4.39 Å². The Morgan fingerprint density at radius 2 is 1.95 bits per heavy atom. The lowest BCUT2D eigenvalue weighted by Crippen LogP contribution is -2.00. The number of aryl methyl sites for hydroxylation is 1. The van der Waals surface area contributed by atoms with E-state index in [0.29, 0.717) is 16.1 Å². The van der Waals surface area contributed by atoms with Crippen molar-refractivity contribution in [2.75, 3.05) is 5.73 Å². The maximum atomic E-state index is 13.2. The largest absolute Gasteiger partial charge is 0.399 e. The molecule has 4 heteroatoms. The summed E-state index contributed by atoms with van der Waals surface area (Å²) in [5.74, 6) is -0.351. The molecule has 0 spiro atoms. The quantitative estimate of drug-likeness (QED) is 0.567. The predicted octanol–water partition coefficient (Wildman–Crippen LogP) is 4.16. The van der Waals surface area contributed by atoms with Crippen LogP contribution in [0.2, 0.25) is 0 Å². The third-order valence-electron chi connectivity index (χ3n) is 3.24. The molecule has 0 bridgehead atoms. The number of carbonyl (C=O) groups excluding carboxylic acids is 1. The number of halogens is 1. The summed E-state index contributed by atoms with van der Waals surface area (Å²) in [6.07, 6.45) is 0. The van der Waals surface area contributed by atoms with Gasteiger partial charge in [0.1, 0.15) is 5.82 Å². The predicted molar refractivity (Wildman–Crippen MR) is 80.8 cm³/mol. The van der Waals surface area contributed by atoms with Crippen molar-refractivity contribution in [1.82, 2.24) is 0 Å². The van der Waals surface area contributed by atoms with Gasteiger partial charge in [-0.15, -0.1) is 11.3 Å². The molecule has 2 N–H and O–H groups in total. The standard InChI is InChI=1S/C16H12FNOS/c1-9-6-11(3-5-13(9)18)16(19)15-7-10-2-4-12(17)8-14(10)20-15/h2-8H,18H2,1H3. The number of ketones is 1. The van der Waals surface area contributed by atoms with Crippen molar-refractivity contribution >= 4 is 32.9 Å². The molecule has 0 radical (unpaired) electrons. The Morgan fingerprint density at radius 3 is 2.70 bits per heavy atom. The molecule has 20 heavy (non-hydrogen) atoms. The molecular weight excluding hydrogens is 273 g/mol. The highest BCUT2D eigenvalue weighted by Crippen LogP contribution is 2.28. The first-order valence-corrected chi connectivity index (χ1v) is 6.96. The van der Waals surface area contributed by atoms with Gasteiger partial charge in [0.05, 0.1) is 4.88 Å². The number of thiophene rings is 1. The van der Waals surface area contributed by atoms with Gasteiger partial charge in [0.2, 0.25) is 5.78 Å². The molecule has 0 saturated carbocycles. The molecule has 0 atom stereocenters. The number of nitrogen functional groups attached to an aromatic ring is 1. The zero-order chi connectivity index (χ0) is 14.3. The van der Waals surface area contributed by atoms with Crippen LogP contribution in [-0.2, 0) is 0 Å². The van der Waals surface area contributed by atoms with Crippen LogP contribution < -0.4 is 5.73 Å². The molecule has 2 aromatic carbocycles. The van der Waals surface area contributed by atoms with Gasteiger partial charge >= 0.3 is 0 Å². The first-order chi connectivity index (χ1) is 9.54. The molecular formula is C16H12FNOS. The summed E-state index contributed by atoms with van der Waals surface area (Å²) in [5, 5.41) is 0.881. The number of hydrogen-bond acceptors (Lipinski definition) is 3. The number of hydrogen-bond donors (Lipinski definition) is 1. The smallest absolute Gasteiger partial charge is 0.202 e. The van der Waals surface area contributed by atoms with Gasteiger partial charge in [-0.1, -0.05) is 6.07 Å². The molecule has 0 aliphatic carbocycles. The molecule has 0 amide bonds. The summed E-state index contributed by atoms with van der Waals surface area (Å²) >= 11 is 1.30. The number of benzene rings is 2. The maximum Gasteiger partial charge on any atom is 0.202 e. The van der Waals surface area contributed by atoms with Crippen LogP contribution in [0, 0.1) is 12.7 Å².